The first-order chi connectivity index (χ1) is 34.0. The summed E-state index contributed by atoms with van der Waals surface area (Å²) in [5.41, 5.74) is 0. The Balaban J connectivity index is 4.54. The van der Waals surface area contributed by atoms with E-state index in [4.69, 9.17) is 14.2 Å². The van der Waals surface area contributed by atoms with Crippen molar-refractivity contribution in [2.24, 2.45) is 0 Å². The van der Waals surface area contributed by atoms with Crippen LogP contribution in [0, 0.1) is 0 Å². The maximum absolute atomic E-state index is 12.8. The molecule has 0 aliphatic carbocycles. The normalized spacial score (nSPS) is 13.0. The lowest BCUT2D eigenvalue weighted by molar-refractivity contribution is -0.166. The summed E-state index contributed by atoms with van der Waals surface area (Å²) >= 11 is 0. The van der Waals surface area contributed by atoms with Gasteiger partial charge >= 0.3 is 17.9 Å². The van der Waals surface area contributed by atoms with Crippen molar-refractivity contribution in [3.63, 3.8) is 0 Å². The molecule has 0 aliphatic rings. The first-order valence-electron chi connectivity index (χ1n) is 28.0. The molecule has 0 aromatic rings. The Morgan fingerprint density at radius 2 is 0.623 bits per heavy atom. The summed E-state index contributed by atoms with van der Waals surface area (Å²) in [6.07, 6.45) is 77.7. The molecule has 1 unspecified atom stereocenters. The van der Waals surface area contributed by atoms with Gasteiger partial charge in [0.15, 0.2) is 6.10 Å². The number of allylic oxidation sites excluding steroid dienone is 19. The van der Waals surface area contributed by atoms with Crippen molar-refractivity contribution in [2.75, 3.05) is 13.2 Å². The van der Waals surface area contributed by atoms with E-state index in [9.17, 15) is 14.4 Å². The highest BCUT2D eigenvalue weighted by Crippen LogP contribution is 2.13. The van der Waals surface area contributed by atoms with Crippen molar-refractivity contribution >= 4 is 17.9 Å². The third kappa shape index (κ3) is 54.6. The lowest BCUT2D eigenvalue weighted by atomic mass is 10.1. The molecule has 6 heteroatoms. The number of esters is 3. The second-order valence-electron chi connectivity index (χ2n) is 18.1. The molecule has 0 saturated carbocycles. The maximum atomic E-state index is 12.8. The lowest BCUT2D eigenvalue weighted by Crippen LogP contribution is -2.30. The van der Waals surface area contributed by atoms with Gasteiger partial charge in [-0.05, 0) is 116 Å². The summed E-state index contributed by atoms with van der Waals surface area (Å²) in [5, 5.41) is 0. The van der Waals surface area contributed by atoms with Gasteiger partial charge in [-0.15, -0.1) is 0 Å². The van der Waals surface area contributed by atoms with Crippen molar-refractivity contribution in [3.8, 4) is 0 Å². The fourth-order valence-electron chi connectivity index (χ4n) is 7.26. The molecule has 0 aromatic heterocycles. The summed E-state index contributed by atoms with van der Waals surface area (Å²) in [4.78, 5) is 38.1. The molecule has 0 amide bonds. The molecule has 69 heavy (non-hydrogen) atoms. The topological polar surface area (TPSA) is 78.9 Å². The highest BCUT2D eigenvalue weighted by molar-refractivity contribution is 5.72. The Morgan fingerprint density at radius 3 is 1.01 bits per heavy atom. The number of hydrogen-bond acceptors (Lipinski definition) is 6. The Labute approximate surface area is 424 Å². The average Bonchev–Trinajstić information content (AvgIpc) is 3.35. The third-order valence-electron chi connectivity index (χ3n) is 11.5. The van der Waals surface area contributed by atoms with Crippen LogP contribution in [0.1, 0.15) is 239 Å². The minimum Gasteiger partial charge on any atom is -0.462 e. The predicted octanol–water partition coefficient (Wildman–Crippen LogP) is 18.9. The molecule has 0 heterocycles. The van der Waals surface area contributed by atoms with Gasteiger partial charge in [0.2, 0.25) is 0 Å². The SMILES string of the molecule is CC/C=C\C/C=C\C/C=C\C/C=C\C/C=C\CC(=O)OCC(COC(=O)CCCCCCCC/C=C\C/C=C\C/C=C\CCCCC)OC(=O)CCCCCCCCC/C=C\C/C=C\CCCCC. The Kier molecular flexibility index (Phi) is 53.0. The largest absolute Gasteiger partial charge is 0.462 e. The zero-order valence-corrected chi connectivity index (χ0v) is 44.5. The molecule has 1 atom stereocenters. The highest BCUT2D eigenvalue weighted by Gasteiger charge is 2.19. The zero-order valence-electron chi connectivity index (χ0n) is 44.5. The molecule has 0 aliphatic heterocycles. The molecule has 0 saturated heterocycles. The van der Waals surface area contributed by atoms with Gasteiger partial charge < -0.3 is 14.2 Å². The van der Waals surface area contributed by atoms with E-state index in [2.05, 4.69) is 130 Å². The van der Waals surface area contributed by atoms with Crippen LogP contribution in [-0.4, -0.2) is 37.2 Å². The van der Waals surface area contributed by atoms with Crippen molar-refractivity contribution in [1.82, 2.24) is 0 Å². The van der Waals surface area contributed by atoms with Crippen molar-refractivity contribution in [3.05, 3.63) is 122 Å². The zero-order chi connectivity index (χ0) is 50.0. The Bertz CT molecular complexity index is 1470. The van der Waals surface area contributed by atoms with Crippen LogP contribution in [0.15, 0.2) is 122 Å². The molecule has 0 radical (unpaired) electrons. The van der Waals surface area contributed by atoms with E-state index in [1.165, 1.54) is 89.9 Å². The van der Waals surface area contributed by atoms with Crippen molar-refractivity contribution in [1.29, 1.82) is 0 Å². The Morgan fingerprint density at radius 1 is 0.319 bits per heavy atom. The molecule has 390 valence electrons. The fourth-order valence-corrected chi connectivity index (χ4v) is 7.26. The first-order valence-corrected chi connectivity index (χ1v) is 28.0. The van der Waals surface area contributed by atoms with E-state index in [1.807, 2.05) is 6.08 Å². The van der Waals surface area contributed by atoms with Crippen LogP contribution in [0.2, 0.25) is 0 Å². The van der Waals surface area contributed by atoms with Gasteiger partial charge in [0.05, 0.1) is 6.42 Å². The summed E-state index contributed by atoms with van der Waals surface area (Å²) in [6.45, 7) is 6.36. The molecule has 6 nitrogen and oxygen atoms in total. The van der Waals surface area contributed by atoms with E-state index in [0.29, 0.717) is 12.8 Å². The van der Waals surface area contributed by atoms with E-state index in [0.717, 1.165) is 109 Å². The second kappa shape index (κ2) is 56.4. The van der Waals surface area contributed by atoms with Crippen LogP contribution < -0.4 is 0 Å². The number of hydrogen-bond donors (Lipinski definition) is 0. The number of carbonyl (C=O) groups excluding carboxylic acids is 3. The van der Waals surface area contributed by atoms with Crippen LogP contribution in [0.5, 0.6) is 0 Å². The van der Waals surface area contributed by atoms with E-state index in [-0.39, 0.29) is 31.6 Å². The van der Waals surface area contributed by atoms with E-state index in [1.54, 1.807) is 6.08 Å². The van der Waals surface area contributed by atoms with Crippen LogP contribution in [-0.2, 0) is 28.6 Å². The lowest BCUT2D eigenvalue weighted by Gasteiger charge is -2.18. The number of carbonyl (C=O) groups is 3. The van der Waals surface area contributed by atoms with Gasteiger partial charge in [-0.25, -0.2) is 0 Å². The second-order valence-corrected chi connectivity index (χ2v) is 18.1. The summed E-state index contributed by atoms with van der Waals surface area (Å²) in [5.74, 6) is -1.08. The highest BCUT2D eigenvalue weighted by atomic mass is 16.6. The maximum Gasteiger partial charge on any atom is 0.309 e. The predicted molar refractivity (Wildman–Crippen MR) is 297 cm³/mol. The summed E-state index contributed by atoms with van der Waals surface area (Å²) < 4.78 is 16.7. The van der Waals surface area contributed by atoms with E-state index >= 15 is 0 Å². The van der Waals surface area contributed by atoms with Gasteiger partial charge in [0, 0.05) is 12.8 Å². The fraction of sp³-hybridized carbons (Fsp3) is 0.635. The summed E-state index contributed by atoms with van der Waals surface area (Å²) in [6, 6.07) is 0. The first kappa shape index (κ1) is 64.8. The monoisotopic (exact) mass is 955 g/mol. The minimum atomic E-state index is -0.832. The van der Waals surface area contributed by atoms with Gasteiger partial charge in [-0.2, -0.15) is 0 Å². The van der Waals surface area contributed by atoms with Gasteiger partial charge in [0.1, 0.15) is 13.2 Å². The standard InChI is InChI=1S/C63H102O6/c1-4-7-10-13-16-19-22-25-28-30-31-33-35-38-41-44-47-50-53-56-62(65)68-59-60(58-67-61(64)55-52-49-46-43-40-37-34-27-24-21-18-15-12-9-6-3)69-63(66)57-54-51-48-45-42-39-36-32-29-26-23-20-17-14-11-8-5-2/h9,12,16-21,25-29,31,33-34,40,43,49,52,60H,4-8,10-11,13-15,22-24,30,32,35-39,41-42,44-48,50-51,53-59H2,1-3H3/b12-9-,19-16-,20-17-,21-18-,28-25-,29-26-,33-31-,34-27-,43-40-,52-49-. The quantitative estimate of drug-likeness (QED) is 0.0262. The van der Waals surface area contributed by atoms with Gasteiger partial charge in [0.25, 0.3) is 0 Å². The molecule has 0 spiro atoms. The van der Waals surface area contributed by atoms with Gasteiger partial charge in [-0.1, -0.05) is 226 Å². The van der Waals surface area contributed by atoms with Crippen molar-refractivity contribution < 1.29 is 28.6 Å². The summed E-state index contributed by atoms with van der Waals surface area (Å²) in [7, 11) is 0. The van der Waals surface area contributed by atoms with Gasteiger partial charge in [-0.3, -0.25) is 14.4 Å². The molecule has 0 aromatic carbocycles. The van der Waals surface area contributed by atoms with Crippen LogP contribution in [0.3, 0.4) is 0 Å². The van der Waals surface area contributed by atoms with Crippen LogP contribution in [0.25, 0.3) is 0 Å². The average molecular weight is 956 g/mol. The van der Waals surface area contributed by atoms with E-state index < -0.39 is 12.1 Å². The molecular formula is C63H102O6. The minimum absolute atomic E-state index is 0.118. The number of unbranched alkanes of at least 4 members (excludes halogenated alkanes) is 19. The number of rotatable bonds is 49. The van der Waals surface area contributed by atoms with Crippen LogP contribution in [0.4, 0.5) is 0 Å². The molecule has 0 bridgehead atoms. The molecular weight excluding hydrogens is 853 g/mol. The van der Waals surface area contributed by atoms with Crippen LogP contribution >= 0.6 is 0 Å². The third-order valence-corrected chi connectivity index (χ3v) is 11.5. The molecule has 0 N–H and O–H groups in total. The molecule has 0 fully saturated rings. The Hall–Kier alpha value is -4.19. The van der Waals surface area contributed by atoms with Crippen molar-refractivity contribution in [2.45, 2.75) is 245 Å². The number of ether oxygens (including phenoxy) is 3. The molecule has 0 rings (SSSR count). The smallest absolute Gasteiger partial charge is 0.309 e.